The molecule has 2 aromatic carbocycles. The third-order valence-electron chi connectivity index (χ3n) is 4.13. The van der Waals surface area contributed by atoms with Crippen molar-refractivity contribution < 1.29 is 18.8 Å². The lowest BCUT2D eigenvalue weighted by Gasteiger charge is -2.30. The van der Waals surface area contributed by atoms with Crippen molar-refractivity contribution in [3.05, 3.63) is 64.9 Å². The largest absolute Gasteiger partial charge is 0.335 e. The average Bonchev–Trinajstić information content (AvgIpc) is 2.62. The molecule has 1 saturated heterocycles. The highest BCUT2D eigenvalue weighted by molar-refractivity contribution is 6.35. The summed E-state index contributed by atoms with van der Waals surface area (Å²) in [6.07, 6.45) is 0. The van der Waals surface area contributed by atoms with Gasteiger partial charge in [0.1, 0.15) is 5.82 Å². The van der Waals surface area contributed by atoms with Gasteiger partial charge in [-0.2, -0.15) is 0 Å². The summed E-state index contributed by atoms with van der Waals surface area (Å²) in [7, 11) is 0. The maximum Gasteiger partial charge on any atom is 0.335 e. The predicted octanol–water partition coefficient (Wildman–Crippen LogP) is 3.34. The van der Waals surface area contributed by atoms with Gasteiger partial charge in [0, 0.05) is 10.7 Å². The van der Waals surface area contributed by atoms with Gasteiger partial charge < -0.3 is 0 Å². The van der Waals surface area contributed by atoms with E-state index in [1.165, 1.54) is 25.1 Å². The Hall–Kier alpha value is -3.06. The maximum absolute atomic E-state index is 14.1. The van der Waals surface area contributed by atoms with E-state index < -0.39 is 29.6 Å². The Morgan fingerprint density at radius 2 is 1.81 bits per heavy atom. The summed E-state index contributed by atoms with van der Waals surface area (Å²) >= 11 is 6.08. The Morgan fingerprint density at radius 3 is 2.52 bits per heavy atom. The summed E-state index contributed by atoms with van der Waals surface area (Å²) in [6, 6.07) is 11.4. The molecule has 0 spiro atoms. The Kier molecular flexibility index (Phi) is 5.32. The highest BCUT2D eigenvalue weighted by Crippen LogP contribution is 2.24. The number of carbonyl (C=O) groups is 3. The number of nitrogens with one attached hydrogen (secondary N) is 1. The van der Waals surface area contributed by atoms with Crippen LogP contribution in [-0.4, -0.2) is 23.6 Å². The number of hydrogen-bond acceptors (Lipinski definition) is 4. The van der Waals surface area contributed by atoms with Crippen molar-refractivity contribution in [2.24, 2.45) is 10.9 Å². The van der Waals surface area contributed by atoms with Gasteiger partial charge >= 0.3 is 6.03 Å². The standard InChI is InChI=1S/C19H15ClFN3O3/c1-11(22-10-12-6-2-3-7-13(12)20)16-17(25)23-19(27)24(18(16)26)15-9-5-4-8-14(15)21/h2-9,16H,10H2,1H3,(H,23,25,27). The molecule has 1 unspecified atom stereocenters. The minimum absolute atomic E-state index is 0.163. The van der Waals surface area contributed by atoms with Crippen LogP contribution in [-0.2, 0) is 16.1 Å². The van der Waals surface area contributed by atoms with E-state index >= 15 is 0 Å². The monoisotopic (exact) mass is 387 g/mol. The van der Waals surface area contributed by atoms with E-state index in [9.17, 15) is 18.8 Å². The first-order chi connectivity index (χ1) is 12.9. The molecule has 0 aromatic heterocycles. The molecule has 0 saturated carbocycles. The van der Waals surface area contributed by atoms with Crippen LogP contribution in [0, 0.1) is 11.7 Å². The minimum Gasteiger partial charge on any atom is -0.288 e. The fourth-order valence-electron chi connectivity index (χ4n) is 2.73. The predicted molar refractivity (Wildman–Crippen MR) is 99.2 cm³/mol. The number of nitrogens with zero attached hydrogens (tertiary/aromatic N) is 2. The first-order valence-electron chi connectivity index (χ1n) is 8.08. The number of para-hydroxylation sites is 1. The molecule has 1 heterocycles. The summed E-state index contributed by atoms with van der Waals surface area (Å²) in [6.45, 7) is 1.67. The van der Waals surface area contributed by atoms with Crippen molar-refractivity contribution in [1.82, 2.24) is 5.32 Å². The van der Waals surface area contributed by atoms with Crippen LogP contribution >= 0.6 is 11.6 Å². The first kappa shape index (κ1) is 18.7. The molecule has 8 heteroatoms. The third-order valence-corrected chi connectivity index (χ3v) is 4.50. The molecule has 1 N–H and O–H groups in total. The van der Waals surface area contributed by atoms with Crippen molar-refractivity contribution in [2.45, 2.75) is 13.5 Å². The van der Waals surface area contributed by atoms with Crippen molar-refractivity contribution in [3.63, 3.8) is 0 Å². The number of aliphatic imine (C=N–C) groups is 1. The van der Waals surface area contributed by atoms with Crippen LogP contribution in [0.2, 0.25) is 5.02 Å². The summed E-state index contributed by atoms with van der Waals surface area (Å²) in [5, 5.41) is 2.59. The quantitative estimate of drug-likeness (QED) is 0.645. The highest BCUT2D eigenvalue weighted by Gasteiger charge is 2.43. The smallest absolute Gasteiger partial charge is 0.288 e. The molecule has 138 valence electrons. The molecular formula is C19H15ClFN3O3. The molecule has 2 aromatic rings. The molecule has 6 nitrogen and oxygen atoms in total. The molecule has 1 atom stereocenters. The van der Waals surface area contributed by atoms with E-state index in [-0.39, 0.29) is 17.9 Å². The number of urea groups is 1. The Balaban J connectivity index is 1.90. The van der Waals surface area contributed by atoms with Crippen LogP contribution in [0.5, 0.6) is 0 Å². The van der Waals surface area contributed by atoms with E-state index in [1.807, 2.05) is 0 Å². The average molecular weight is 388 g/mol. The number of barbiturate groups is 1. The summed E-state index contributed by atoms with van der Waals surface area (Å²) in [5.74, 6) is -3.73. The van der Waals surface area contributed by atoms with Crippen LogP contribution in [0.4, 0.5) is 14.9 Å². The molecule has 3 rings (SSSR count). The lowest BCUT2D eigenvalue weighted by atomic mass is 9.99. The molecule has 1 aliphatic rings. The van der Waals surface area contributed by atoms with E-state index in [2.05, 4.69) is 10.3 Å². The number of anilines is 1. The molecule has 0 radical (unpaired) electrons. The molecule has 1 aliphatic heterocycles. The number of carbonyl (C=O) groups excluding carboxylic acids is 3. The van der Waals surface area contributed by atoms with Gasteiger partial charge in [-0.15, -0.1) is 0 Å². The Morgan fingerprint density at radius 1 is 1.15 bits per heavy atom. The minimum atomic E-state index is -1.33. The number of imide groups is 2. The lowest BCUT2D eigenvalue weighted by molar-refractivity contribution is -0.131. The van der Waals surface area contributed by atoms with Gasteiger partial charge in [0.15, 0.2) is 5.92 Å². The van der Waals surface area contributed by atoms with E-state index in [1.54, 1.807) is 24.3 Å². The van der Waals surface area contributed by atoms with Crippen molar-refractivity contribution in [2.75, 3.05) is 4.90 Å². The van der Waals surface area contributed by atoms with E-state index in [4.69, 9.17) is 11.6 Å². The first-order valence-corrected chi connectivity index (χ1v) is 8.45. The molecule has 1 fully saturated rings. The molecule has 27 heavy (non-hydrogen) atoms. The second kappa shape index (κ2) is 7.67. The second-order valence-corrected chi connectivity index (χ2v) is 6.31. The van der Waals surface area contributed by atoms with Crippen LogP contribution in [0.1, 0.15) is 12.5 Å². The second-order valence-electron chi connectivity index (χ2n) is 5.90. The number of hydrogen-bond donors (Lipinski definition) is 1. The van der Waals surface area contributed by atoms with Crippen LogP contribution in [0.15, 0.2) is 53.5 Å². The zero-order valence-electron chi connectivity index (χ0n) is 14.3. The van der Waals surface area contributed by atoms with Crippen molar-refractivity contribution in [3.8, 4) is 0 Å². The fraction of sp³-hybridized carbons (Fsp3) is 0.158. The van der Waals surface area contributed by atoms with Gasteiger partial charge in [0.25, 0.3) is 5.91 Å². The van der Waals surface area contributed by atoms with Gasteiger partial charge in [-0.25, -0.2) is 14.1 Å². The number of benzene rings is 2. The number of amides is 4. The van der Waals surface area contributed by atoms with E-state index in [0.717, 1.165) is 11.6 Å². The van der Waals surface area contributed by atoms with Crippen molar-refractivity contribution >= 4 is 40.8 Å². The summed E-state index contributed by atoms with van der Waals surface area (Å²) < 4.78 is 14.1. The van der Waals surface area contributed by atoms with Crippen LogP contribution in [0.25, 0.3) is 0 Å². The normalized spacial score (nSPS) is 17.9. The van der Waals surface area contributed by atoms with Crippen LogP contribution in [0.3, 0.4) is 0 Å². The maximum atomic E-state index is 14.1. The lowest BCUT2D eigenvalue weighted by Crippen LogP contribution is -2.60. The topological polar surface area (TPSA) is 78.8 Å². The number of halogens is 2. The van der Waals surface area contributed by atoms with Gasteiger partial charge in [0.2, 0.25) is 5.91 Å². The summed E-state index contributed by atoms with van der Waals surface area (Å²) in [4.78, 5) is 42.0. The summed E-state index contributed by atoms with van der Waals surface area (Å²) in [5.41, 5.74) is 0.701. The fourth-order valence-corrected chi connectivity index (χ4v) is 2.93. The van der Waals surface area contributed by atoms with Gasteiger partial charge in [0.05, 0.1) is 12.2 Å². The van der Waals surface area contributed by atoms with Gasteiger partial charge in [-0.1, -0.05) is 41.9 Å². The highest BCUT2D eigenvalue weighted by atomic mass is 35.5. The molecule has 4 amide bonds. The molecule has 0 aliphatic carbocycles. The van der Waals surface area contributed by atoms with Gasteiger partial charge in [-0.3, -0.25) is 19.9 Å². The third kappa shape index (κ3) is 3.73. The number of rotatable bonds is 4. The Labute approximate surface area is 159 Å². The Bertz CT molecular complexity index is 961. The SMILES string of the molecule is CC(=NCc1ccccc1Cl)C1C(=O)NC(=O)N(c2ccccc2F)C1=O. The zero-order chi connectivity index (χ0) is 19.6. The van der Waals surface area contributed by atoms with Crippen LogP contribution < -0.4 is 10.2 Å². The van der Waals surface area contributed by atoms with Gasteiger partial charge in [-0.05, 0) is 30.7 Å². The van der Waals surface area contributed by atoms with Crippen molar-refractivity contribution in [1.29, 1.82) is 0 Å². The molecular weight excluding hydrogens is 373 g/mol. The zero-order valence-corrected chi connectivity index (χ0v) is 15.0. The molecule has 0 bridgehead atoms. The van der Waals surface area contributed by atoms with E-state index in [0.29, 0.717) is 9.92 Å².